The second kappa shape index (κ2) is 6.78. The number of pyridine rings is 1. The van der Waals surface area contributed by atoms with E-state index in [-0.39, 0.29) is 17.1 Å². The monoisotopic (exact) mass is 326 g/mol. The molecule has 1 heterocycles. The van der Waals surface area contributed by atoms with Gasteiger partial charge in [-0.15, -0.1) is 0 Å². The van der Waals surface area contributed by atoms with Gasteiger partial charge >= 0.3 is 0 Å². The first-order chi connectivity index (χ1) is 11.0. The lowest BCUT2D eigenvalue weighted by atomic mass is 10.2. The zero-order valence-electron chi connectivity index (χ0n) is 12.1. The molecule has 1 N–H and O–H groups in total. The first kappa shape index (κ1) is 16.3. The van der Waals surface area contributed by atoms with Crippen molar-refractivity contribution >= 4 is 23.2 Å². The highest BCUT2D eigenvalue weighted by Gasteiger charge is 2.10. The van der Waals surface area contributed by atoms with Crippen LogP contribution in [0.5, 0.6) is 0 Å². The van der Waals surface area contributed by atoms with Crippen molar-refractivity contribution in [2.45, 2.75) is 13.5 Å². The Bertz CT molecular complexity index is 919. The largest absolute Gasteiger partial charge is 0.324 e. The minimum atomic E-state index is -0.513. The van der Waals surface area contributed by atoms with Crippen molar-refractivity contribution in [2.75, 3.05) is 5.32 Å². The molecule has 1 aromatic carbocycles. The van der Waals surface area contributed by atoms with Crippen LogP contribution < -0.4 is 10.9 Å². The van der Waals surface area contributed by atoms with Gasteiger partial charge in [-0.2, -0.15) is 10.5 Å². The van der Waals surface area contributed by atoms with Gasteiger partial charge in [0.05, 0.1) is 10.6 Å². The number of aromatic nitrogens is 1. The summed E-state index contributed by atoms with van der Waals surface area (Å²) in [5, 5.41) is 20.6. The van der Waals surface area contributed by atoms with Gasteiger partial charge in [-0.1, -0.05) is 11.6 Å². The van der Waals surface area contributed by atoms with Crippen LogP contribution in [0.15, 0.2) is 35.3 Å². The highest BCUT2D eigenvalue weighted by molar-refractivity contribution is 6.32. The molecule has 114 valence electrons. The first-order valence-electron chi connectivity index (χ1n) is 6.56. The third kappa shape index (κ3) is 3.57. The van der Waals surface area contributed by atoms with Gasteiger partial charge in [-0.05, 0) is 36.8 Å². The lowest BCUT2D eigenvalue weighted by Gasteiger charge is -2.09. The van der Waals surface area contributed by atoms with E-state index in [0.717, 1.165) is 4.57 Å². The van der Waals surface area contributed by atoms with Gasteiger partial charge < -0.3 is 9.88 Å². The summed E-state index contributed by atoms with van der Waals surface area (Å²) in [6.07, 6.45) is 1.46. The molecule has 1 aromatic heterocycles. The summed E-state index contributed by atoms with van der Waals surface area (Å²) >= 11 is 5.89. The van der Waals surface area contributed by atoms with Gasteiger partial charge in [-0.3, -0.25) is 9.59 Å². The molecule has 1 amide bonds. The second-order valence-corrected chi connectivity index (χ2v) is 5.18. The number of hydrogen-bond acceptors (Lipinski definition) is 4. The molecule has 0 aliphatic carbocycles. The highest BCUT2D eigenvalue weighted by atomic mass is 35.5. The fourth-order valence-electron chi connectivity index (χ4n) is 1.96. The summed E-state index contributed by atoms with van der Waals surface area (Å²) in [6, 6.07) is 9.84. The van der Waals surface area contributed by atoms with Crippen molar-refractivity contribution in [3.05, 3.63) is 62.5 Å². The molecule has 23 heavy (non-hydrogen) atoms. The van der Waals surface area contributed by atoms with Crippen molar-refractivity contribution in [1.29, 1.82) is 10.5 Å². The van der Waals surface area contributed by atoms with Gasteiger partial charge in [-0.25, -0.2) is 0 Å². The number of nitrogens with zero attached hydrogens (tertiary/aromatic N) is 3. The number of amides is 1. The topological polar surface area (TPSA) is 98.7 Å². The van der Waals surface area contributed by atoms with Crippen LogP contribution in [0.2, 0.25) is 5.02 Å². The minimum absolute atomic E-state index is 0.0155. The van der Waals surface area contributed by atoms with Crippen molar-refractivity contribution in [2.24, 2.45) is 0 Å². The van der Waals surface area contributed by atoms with Gasteiger partial charge in [0.15, 0.2) is 0 Å². The van der Waals surface area contributed by atoms with Crippen molar-refractivity contribution < 1.29 is 4.79 Å². The van der Waals surface area contributed by atoms with Gasteiger partial charge in [0.25, 0.3) is 5.56 Å². The Morgan fingerprint density at radius 3 is 2.65 bits per heavy atom. The maximum absolute atomic E-state index is 12.0. The van der Waals surface area contributed by atoms with Crippen LogP contribution in [-0.2, 0) is 11.3 Å². The Morgan fingerprint density at radius 2 is 2.04 bits per heavy atom. The Balaban J connectivity index is 2.18. The maximum Gasteiger partial charge on any atom is 0.269 e. The summed E-state index contributed by atoms with van der Waals surface area (Å²) in [7, 11) is 0. The van der Waals surface area contributed by atoms with E-state index in [4.69, 9.17) is 22.1 Å². The summed E-state index contributed by atoms with van der Waals surface area (Å²) in [6.45, 7) is 1.43. The summed E-state index contributed by atoms with van der Waals surface area (Å²) in [5.74, 6) is -0.444. The standard InChI is InChI=1S/C16H11ClN4O2/c1-10-4-5-21(16(23)13(10)8-19)9-15(22)20-12-3-2-11(7-18)14(17)6-12/h2-6H,9H2,1H3,(H,20,22). The van der Waals surface area contributed by atoms with Crippen molar-refractivity contribution in [3.63, 3.8) is 0 Å². The van der Waals surface area contributed by atoms with E-state index in [9.17, 15) is 9.59 Å². The number of carbonyl (C=O) groups is 1. The Labute approximate surface area is 137 Å². The highest BCUT2D eigenvalue weighted by Crippen LogP contribution is 2.20. The number of anilines is 1. The fourth-order valence-corrected chi connectivity index (χ4v) is 2.19. The van der Waals surface area contributed by atoms with Crippen LogP contribution in [0.4, 0.5) is 5.69 Å². The van der Waals surface area contributed by atoms with E-state index in [2.05, 4.69) is 5.32 Å². The summed E-state index contributed by atoms with van der Waals surface area (Å²) < 4.78 is 1.16. The average molecular weight is 327 g/mol. The number of hydrogen-bond donors (Lipinski definition) is 1. The van der Waals surface area contributed by atoms with E-state index in [1.165, 1.54) is 18.3 Å². The third-order valence-corrected chi connectivity index (χ3v) is 3.49. The molecule has 0 aliphatic heterocycles. The van der Waals surface area contributed by atoms with Crippen molar-refractivity contribution in [1.82, 2.24) is 4.57 Å². The Morgan fingerprint density at radius 1 is 1.30 bits per heavy atom. The lowest BCUT2D eigenvalue weighted by Crippen LogP contribution is -2.29. The number of nitrogens with one attached hydrogen (secondary N) is 1. The van der Waals surface area contributed by atoms with E-state index >= 15 is 0 Å². The third-order valence-electron chi connectivity index (χ3n) is 3.17. The number of carbonyl (C=O) groups excluding carboxylic acids is 1. The fraction of sp³-hybridized carbons (Fsp3) is 0.125. The molecule has 6 nitrogen and oxygen atoms in total. The van der Waals surface area contributed by atoms with E-state index in [1.807, 2.05) is 12.1 Å². The Kier molecular flexibility index (Phi) is 4.80. The molecule has 0 spiro atoms. The molecular formula is C16H11ClN4O2. The van der Waals surface area contributed by atoms with Crippen LogP contribution >= 0.6 is 11.6 Å². The van der Waals surface area contributed by atoms with Crippen LogP contribution in [0.3, 0.4) is 0 Å². The Hall–Kier alpha value is -3.09. The number of nitriles is 2. The number of rotatable bonds is 3. The quantitative estimate of drug-likeness (QED) is 0.934. The minimum Gasteiger partial charge on any atom is -0.324 e. The van der Waals surface area contributed by atoms with Gasteiger partial charge in [0.1, 0.15) is 24.2 Å². The molecule has 0 saturated carbocycles. The van der Waals surface area contributed by atoms with Crippen LogP contribution in [0.25, 0.3) is 0 Å². The van der Waals surface area contributed by atoms with Crippen LogP contribution in [0.1, 0.15) is 16.7 Å². The normalized spacial score (nSPS) is 9.74. The van der Waals surface area contributed by atoms with Crippen LogP contribution in [-0.4, -0.2) is 10.5 Å². The molecule has 7 heteroatoms. The average Bonchev–Trinajstić information content (AvgIpc) is 2.51. The SMILES string of the molecule is Cc1ccn(CC(=O)Nc2ccc(C#N)c(Cl)c2)c(=O)c1C#N. The predicted octanol–water partition coefficient (Wildman–Crippen LogP) is 2.19. The lowest BCUT2D eigenvalue weighted by molar-refractivity contribution is -0.116. The molecule has 0 aliphatic rings. The zero-order valence-corrected chi connectivity index (χ0v) is 12.9. The van der Waals surface area contributed by atoms with E-state index in [0.29, 0.717) is 16.8 Å². The van der Waals surface area contributed by atoms with Crippen LogP contribution in [0, 0.1) is 29.6 Å². The zero-order chi connectivity index (χ0) is 17.0. The van der Waals surface area contributed by atoms with Gasteiger partial charge in [0.2, 0.25) is 5.91 Å². The summed E-state index contributed by atoms with van der Waals surface area (Å²) in [4.78, 5) is 24.1. The van der Waals surface area contributed by atoms with Crippen molar-refractivity contribution in [3.8, 4) is 12.1 Å². The van der Waals surface area contributed by atoms with Gasteiger partial charge in [0, 0.05) is 11.9 Å². The molecule has 2 rings (SSSR count). The molecule has 0 saturated heterocycles. The molecule has 0 unspecified atom stereocenters. The molecular weight excluding hydrogens is 316 g/mol. The number of aryl methyl sites for hydroxylation is 1. The molecule has 2 aromatic rings. The first-order valence-corrected chi connectivity index (χ1v) is 6.93. The molecule has 0 fully saturated rings. The van der Waals surface area contributed by atoms with E-state index in [1.54, 1.807) is 19.1 Å². The van der Waals surface area contributed by atoms with E-state index < -0.39 is 11.5 Å². The molecule has 0 bridgehead atoms. The second-order valence-electron chi connectivity index (χ2n) is 4.77. The smallest absolute Gasteiger partial charge is 0.269 e. The number of benzene rings is 1. The molecule has 0 atom stereocenters. The molecule has 0 radical (unpaired) electrons. The maximum atomic E-state index is 12.0. The predicted molar refractivity (Wildman–Crippen MR) is 85.0 cm³/mol. The number of halogens is 1. The summed E-state index contributed by atoms with van der Waals surface area (Å²) in [5.41, 5.74) is 0.785.